The van der Waals surface area contributed by atoms with Crippen molar-refractivity contribution < 1.29 is 9.53 Å². The number of carbonyl (C=O) groups is 1. The normalized spacial score (nSPS) is 12.3. The van der Waals surface area contributed by atoms with E-state index < -0.39 is 6.04 Å². The molecular weight excluding hydrogens is 178 g/mol. The zero-order valence-corrected chi connectivity index (χ0v) is 8.70. The maximum Gasteiger partial charge on any atom is 0.179 e. The predicted octanol–water partition coefficient (Wildman–Crippen LogP) is 1.53. The summed E-state index contributed by atoms with van der Waals surface area (Å²) in [6, 6.07) is 4.89. The lowest BCUT2D eigenvalue weighted by atomic mass is 10.0. The molecule has 0 amide bonds. The van der Waals surface area contributed by atoms with Crippen LogP contribution in [0.2, 0.25) is 0 Å². The van der Waals surface area contributed by atoms with Crippen LogP contribution >= 0.6 is 0 Å². The molecule has 0 heterocycles. The molecule has 0 aliphatic heterocycles. The van der Waals surface area contributed by atoms with Gasteiger partial charge in [-0.3, -0.25) is 4.79 Å². The van der Waals surface area contributed by atoms with Crippen LogP contribution in [0, 0.1) is 6.92 Å². The second-order valence-electron chi connectivity index (χ2n) is 3.33. The molecule has 0 saturated carbocycles. The summed E-state index contributed by atoms with van der Waals surface area (Å²) in [4.78, 5) is 11.6. The molecule has 76 valence electrons. The van der Waals surface area contributed by atoms with Gasteiger partial charge in [0.1, 0.15) is 5.75 Å². The molecule has 1 aromatic carbocycles. The van der Waals surface area contributed by atoms with E-state index in [1.165, 1.54) is 0 Å². The summed E-state index contributed by atoms with van der Waals surface area (Å²) >= 11 is 0. The number of aryl methyl sites for hydroxylation is 1. The van der Waals surface area contributed by atoms with Gasteiger partial charge in [0, 0.05) is 5.56 Å². The van der Waals surface area contributed by atoms with Gasteiger partial charge in [0.05, 0.1) is 13.2 Å². The molecule has 0 bridgehead atoms. The van der Waals surface area contributed by atoms with E-state index in [0.717, 1.165) is 11.3 Å². The van der Waals surface area contributed by atoms with E-state index in [2.05, 4.69) is 0 Å². The van der Waals surface area contributed by atoms with Crippen LogP contribution < -0.4 is 10.5 Å². The Labute approximate surface area is 83.9 Å². The molecule has 1 aromatic rings. The summed E-state index contributed by atoms with van der Waals surface area (Å²) in [6.07, 6.45) is 0. The number of nitrogens with two attached hydrogens (primary N) is 1. The summed E-state index contributed by atoms with van der Waals surface area (Å²) in [6.45, 7) is 3.56. The molecule has 0 fully saturated rings. The molecule has 14 heavy (non-hydrogen) atoms. The minimum Gasteiger partial charge on any atom is -0.497 e. The Morgan fingerprint density at radius 1 is 1.50 bits per heavy atom. The Morgan fingerprint density at radius 2 is 2.14 bits per heavy atom. The van der Waals surface area contributed by atoms with Crippen molar-refractivity contribution in [1.29, 1.82) is 0 Å². The van der Waals surface area contributed by atoms with Crippen LogP contribution in [0.15, 0.2) is 18.2 Å². The van der Waals surface area contributed by atoms with Crippen LogP contribution in [0.3, 0.4) is 0 Å². The Balaban J connectivity index is 3.06. The smallest absolute Gasteiger partial charge is 0.179 e. The van der Waals surface area contributed by atoms with Gasteiger partial charge in [0.2, 0.25) is 0 Å². The fourth-order valence-corrected chi connectivity index (χ4v) is 1.28. The molecule has 0 aliphatic carbocycles. The van der Waals surface area contributed by atoms with E-state index in [1.807, 2.05) is 13.0 Å². The van der Waals surface area contributed by atoms with Crippen molar-refractivity contribution in [1.82, 2.24) is 0 Å². The number of ketones is 1. The third kappa shape index (κ3) is 2.12. The number of hydrogen-bond donors (Lipinski definition) is 1. The van der Waals surface area contributed by atoms with Crippen molar-refractivity contribution in [2.75, 3.05) is 7.11 Å². The lowest BCUT2D eigenvalue weighted by Gasteiger charge is -2.09. The minimum atomic E-state index is -0.456. The second-order valence-corrected chi connectivity index (χ2v) is 3.33. The number of carbonyl (C=O) groups excluding carboxylic acids is 1. The molecule has 0 aromatic heterocycles. The van der Waals surface area contributed by atoms with E-state index in [1.54, 1.807) is 26.2 Å². The number of hydrogen-bond acceptors (Lipinski definition) is 3. The van der Waals surface area contributed by atoms with E-state index in [0.29, 0.717) is 5.56 Å². The van der Waals surface area contributed by atoms with Gasteiger partial charge in [-0.25, -0.2) is 0 Å². The predicted molar refractivity (Wildman–Crippen MR) is 55.7 cm³/mol. The third-order valence-corrected chi connectivity index (χ3v) is 2.11. The average molecular weight is 193 g/mol. The summed E-state index contributed by atoms with van der Waals surface area (Å²) in [5, 5.41) is 0. The van der Waals surface area contributed by atoms with E-state index in [9.17, 15) is 4.79 Å². The van der Waals surface area contributed by atoms with Crippen molar-refractivity contribution in [3.8, 4) is 5.75 Å². The van der Waals surface area contributed by atoms with Crippen LogP contribution in [-0.4, -0.2) is 18.9 Å². The molecule has 0 saturated heterocycles. The van der Waals surface area contributed by atoms with E-state index >= 15 is 0 Å². The second kappa shape index (κ2) is 4.24. The Hall–Kier alpha value is -1.35. The molecule has 2 N–H and O–H groups in total. The number of ether oxygens (including phenoxy) is 1. The lowest BCUT2D eigenvalue weighted by molar-refractivity contribution is 0.0967. The summed E-state index contributed by atoms with van der Waals surface area (Å²) in [5.74, 6) is 0.717. The number of benzene rings is 1. The Kier molecular flexibility index (Phi) is 3.25. The van der Waals surface area contributed by atoms with Crippen molar-refractivity contribution >= 4 is 5.78 Å². The molecule has 0 aliphatic rings. The molecular formula is C11H15NO2. The fraction of sp³-hybridized carbons (Fsp3) is 0.364. The summed E-state index contributed by atoms with van der Waals surface area (Å²) in [5.41, 5.74) is 7.09. The largest absolute Gasteiger partial charge is 0.497 e. The third-order valence-electron chi connectivity index (χ3n) is 2.11. The van der Waals surface area contributed by atoms with Gasteiger partial charge in [-0.2, -0.15) is 0 Å². The molecule has 3 nitrogen and oxygen atoms in total. The Morgan fingerprint density at radius 3 is 2.57 bits per heavy atom. The number of methoxy groups -OCH3 is 1. The number of rotatable bonds is 3. The first-order chi connectivity index (χ1) is 6.56. The summed E-state index contributed by atoms with van der Waals surface area (Å²) < 4.78 is 5.05. The Bertz CT molecular complexity index is 345. The van der Waals surface area contributed by atoms with E-state index in [4.69, 9.17) is 10.5 Å². The van der Waals surface area contributed by atoms with Gasteiger partial charge in [0.15, 0.2) is 5.78 Å². The van der Waals surface area contributed by atoms with Gasteiger partial charge in [0.25, 0.3) is 0 Å². The van der Waals surface area contributed by atoms with Crippen molar-refractivity contribution in [3.05, 3.63) is 29.3 Å². The molecule has 0 radical (unpaired) electrons. The van der Waals surface area contributed by atoms with Gasteiger partial charge in [-0.05, 0) is 37.6 Å². The van der Waals surface area contributed by atoms with Crippen LogP contribution in [0.4, 0.5) is 0 Å². The zero-order valence-electron chi connectivity index (χ0n) is 8.70. The maximum atomic E-state index is 11.6. The highest BCUT2D eigenvalue weighted by Gasteiger charge is 2.13. The molecule has 1 atom stereocenters. The first-order valence-corrected chi connectivity index (χ1v) is 4.50. The first kappa shape index (κ1) is 10.7. The molecule has 1 rings (SSSR count). The maximum absolute atomic E-state index is 11.6. The van der Waals surface area contributed by atoms with Crippen molar-refractivity contribution in [3.63, 3.8) is 0 Å². The summed E-state index contributed by atoms with van der Waals surface area (Å²) in [7, 11) is 1.60. The van der Waals surface area contributed by atoms with Crippen LogP contribution in [0.5, 0.6) is 5.75 Å². The molecule has 0 spiro atoms. The first-order valence-electron chi connectivity index (χ1n) is 4.50. The van der Waals surface area contributed by atoms with Crippen LogP contribution in [-0.2, 0) is 0 Å². The standard InChI is InChI=1S/C11H15NO2/c1-7-6-9(14-3)4-5-10(7)11(13)8(2)12/h4-6,8H,12H2,1-3H3. The lowest BCUT2D eigenvalue weighted by Crippen LogP contribution is -2.27. The highest BCUT2D eigenvalue weighted by molar-refractivity contribution is 6.01. The highest BCUT2D eigenvalue weighted by atomic mass is 16.5. The topological polar surface area (TPSA) is 52.3 Å². The zero-order chi connectivity index (χ0) is 10.7. The van der Waals surface area contributed by atoms with Crippen LogP contribution in [0.25, 0.3) is 0 Å². The SMILES string of the molecule is COc1ccc(C(=O)C(C)N)c(C)c1. The fourth-order valence-electron chi connectivity index (χ4n) is 1.28. The van der Waals surface area contributed by atoms with E-state index in [-0.39, 0.29) is 5.78 Å². The molecule has 3 heteroatoms. The number of Topliss-reactive ketones (excluding diaryl/α,β-unsaturated/α-hetero) is 1. The van der Waals surface area contributed by atoms with Crippen LogP contribution in [0.1, 0.15) is 22.8 Å². The van der Waals surface area contributed by atoms with Crippen molar-refractivity contribution in [2.24, 2.45) is 5.73 Å². The average Bonchev–Trinajstić information content (AvgIpc) is 2.16. The molecule has 1 unspecified atom stereocenters. The quantitative estimate of drug-likeness (QED) is 0.741. The minimum absolute atomic E-state index is 0.0369. The van der Waals surface area contributed by atoms with Gasteiger partial charge < -0.3 is 10.5 Å². The van der Waals surface area contributed by atoms with Gasteiger partial charge >= 0.3 is 0 Å². The van der Waals surface area contributed by atoms with Gasteiger partial charge in [-0.15, -0.1) is 0 Å². The highest BCUT2D eigenvalue weighted by Crippen LogP contribution is 2.17. The van der Waals surface area contributed by atoms with Gasteiger partial charge in [-0.1, -0.05) is 0 Å². The van der Waals surface area contributed by atoms with Crippen molar-refractivity contribution in [2.45, 2.75) is 19.9 Å². The monoisotopic (exact) mass is 193 g/mol.